The van der Waals surface area contributed by atoms with Gasteiger partial charge in [-0.1, -0.05) is 12.1 Å². The summed E-state index contributed by atoms with van der Waals surface area (Å²) in [5.41, 5.74) is 3.05. The van der Waals surface area contributed by atoms with Crippen LogP contribution in [0.4, 0.5) is 34.9 Å². The number of pyridine rings is 3. The van der Waals surface area contributed by atoms with Crippen molar-refractivity contribution in [2.24, 2.45) is 0 Å². The van der Waals surface area contributed by atoms with E-state index in [1.165, 1.54) is 24.1 Å². The van der Waals surface area contributed by atoms with E-state index >= 15 is 0 Å². The number of rotatable bonds is 8. The first-order chi connectivity index (χ1) is 21.6. The average molecular weight is 615 g/mol. The largest absolute Gasteiger partial charge is 0.497 e. The van der Waals surface area contributed by atoms with Crippen molar-refractivity contribution in [2.75, 3.05) is 30.4 Å². The van der Waals surface area contributed by atoms with Gasteiger partial charge in [-0.15, -0.1) is 0 Å². The maximum absolute atomic E-state index is 14.5. The minimum atomic E-state index is -2.83. The summed E-state index contributed by atoms with van der Waals surface area (Å²) in [5.74, 6) is -3.34. The van der Waals surface area contributed by atoms with E-state index in [2.05, 4.69) is 21.4 Å². The van der Waals surface area contributed by atoms with Gasteiger partial charge in [0.05, 0.1) is 36.8 Å². The third kappa shape index (κ3) is 5.76. The third-order valence-corrected chi connectivity index (χ3v) is 7.54. The Bertz CT molecular complexity index is 1970. The van der Waals surface area contributed by atoms with Gasteiger partial charge in [-0.25, -0.2) is 32.5 Å². The molecule has 8 nitrogen and oxygen atoms in total. The number of nitriles is 1. The second-order valence-corrected chi connectivity index (χ2v) is 10.7. The van der Waals surface area contributed by atoms with Crippen LogP contribution < -0.4 is 19.7 Å². The molecule has 1 fully saturated rings. The lowest BCUT2D eigenvalue weighted by atomic mass is 10.0. The molecule has 228 valence electrons. The number of nitrogens with zero attached hydrogens (tertiary/aromatic N) is 5. The maximum Gasteiger partial charge on any atom is 0.282 e. The van der Waals surface area contributed by atoms with Crippen molar-refractivity contribution in [1.29, 1.82) is 5.26 Å². The van der Waals surface area contributed by atoms with Crippen molar-refractivity contribution in [3.05, 3.63) is 94.8 Å². The van der Waals surface area contributed by atoms with Gasteiger partial charge in [0, 0.05) is 29.1 Å². The number of aromatic nitrogens is 3. The zero-order valence-electron chi connectivity index (χ0n) is 24.5. The van der Waals surface area contributed by atoms with Gasteiger partial charge in [0.1, 0.15) is 35.8 Å². The van der Waals surface area contributed by atoms with Gasteiger partial charge in [-0.2, -0.15) is 5.26 Å². The molecule has 1 saturated heterocycles. The van der Waals surface area contributed by atoms with Crippen molar-refractivity contribution in [3.63, 3.8) is 0 Å². The lowest BCUT2D eigenvalue weighted by Gasteiger charge is -2.40. The van der Waals surface area contributed by atoms with Crippen molar-refractivity contribution in [3.8, 4) is 28.8 Å². The number of fused-ring (bicyclic) bond motifs is 1. The molecule has 1 aliphatic heterocycles. The number of benzene rings is 2. The van der Waals surface area contributed by atoms with E-state index in [1.807, 2.05) is 12.1 Å². The van der Waals surface area contributed by atoms with Crippen molar-refractivity contribution in [1.82, 2.24) is 15.0 Å². The highest BCUT2D eigenvalue weighted by Crippen LogP contribution is 2.40. The van der Waals surface area contributed by atoms with E-state index in [9.17, 15) is 22.8 Å². The summed E-state index contributed by atoms with van der Waals surface area (Å²) in [4.78, 5) is 15.1. The summed E-state index contributed by atoms with van der Waals surface area (Å²) in [6.45, 7) is 2.33. The maximum atomic E-state index is 14.5. The Kier molecular flexibility index (Phi) is 7.62. The summed E-state index contributed by atoms with van der Waals surface area (Å²) in [7, 11) is 1.57. The number of nitrogens with one attached hydrogen (secondary N) is 1. The molecule has 3 aromatic heterocycles. The predicted molar refractivity (Wildman–Crippen MR) is 161 cm³/mol. The number of anilines is 3. The SMILES string of the molecule is COc1ccc(COc2cc(-c3cc(C)c(N4CC(F)(F)C4)nc3Nc3ccc(F)c(F)c3C)nc3ccnc(C#N)c23)cc1. The Hall–Kier alpha value is -5.44. The first-order valence-electron chi connectivity index (χ1n) is 13.9. The third-order valence-electron chi connectivity index (χ3n) is 7.54. The molecule has 0 bridgehead atoms. The van der Waals surface area contributed by atoms with Crippen LogP contribution in [0.2, 0.25) is 0 Å². The van der Waals surface area contributed by atoms with E-state index in [0.29, 0.717) is 45.0 Å². The normalized spacial score (nSPS) is 13.7. The number of aryl methyl sites for hydroxylation is 1. The summed E-state index contributed by atoms with van der Waals surface area (Å²) in [6, 6.07) is 16.8. The fourth-order valence-electron chi connectivity index (χ4n) is 5.16. The van der Waals surface area contributed by atoms with Gasteiger partial charge >= 0.3 is 0 Å². The highest BCUT2D eigenvalue weighted by Gasteiger charge is 2.45. The molecule has 0 amide bonds. The molecule has 45 heavy (non-hydrogen) atoms. The molecule has 6 rings (SSSR count). The Morgan fingerprint density at radius 2 is 1.78 bits per heavy atom. The van der Waals surface area contributed by atoms with Gasteiger partial charge < -0.3 is 19.7 Å². The smallest absolute Gasteiger partial charge is 0.282 e. The number of hydrogen-bond donors (Lipinski definition) is 1. The molecule has 2 aromatic carbocycles. The second-order valence-electron chi connectivity index (χ2n) is 10.7. The monoisotopic (exact) mass is 614 g/mol. The van der Waals surface area contributed by atoms with Gasteiger partial charge in [0.2, 0.25) is 0 Å². The molecule has 1 N–H and O–H groups in total. The van der Waals surface area contributed by atoms with E-state index in [0.717, 1.165) is 11.6 Å². The molecular formula is C33H26F4N6O2. The molecule has 0 unspecified atom stereocenters. The fourth-order valence-corrected chi connectivity index (χ4v) is 5.16. The van der Waals surface area contributed by atoms with E-state index in [-0.39, 0.29) is 29.4 Å². The van der Waals surface area contributed by atoms with Crippen LogP contribution in [0.5, 0.6) is 11.5 Å². The van der Waals surface area contributed by atoms with Gasteiger partial charge in [0.25, 0.3) is 5.92 Å². The van der Waals surface area contributed by atoms with Crippen LogP contribution in [0, 0.1) is 36.8 Å². The van der Waals surface area contributed by atoms with Crippen LogP contribution >= 0.6 is 0 Å². The number of ether oxygens (including phenoxy) is 2. The highest BCUT2D eigenvalue weighted by atomic mass is 19.3. The second kappa shape index (κ2) is 11.6. The molecule has 1 aliphatic rings. The van der Waals surface area contributed by atoms with Crippen LogP contribution in [-0.4, -0.2) is 41.1 Å². The number of alkyl halides is 2. The molecule has 5 aromatic rings. The molecule has 0 saturated carbocycles. The summed E-state index contributed by atoms with van der Waals surface area (Å²) < 4.78 is 67.5. The molecular weight excluding hydrogens is 588 g/mol. The van der Waals surface area contributed by atoms with Gasteiger partial charge in [-0.3, -0.25) is 0 Å². The summed E-state index contributed by atoms with van der Waals surface area (Å²) >= 11 is 0. The van der Waals surface area contributed by atoms with E-state index in [1.54, 1.807) is 44.4 Å². The molecule has 0 aliphatic carbocycles. The van der Waals surface area contributed by atoms with Crippen LogP contribution in [0.15, 0.2) is 60.8 Å². The van der Waals surface area contributed by atoms with Crippen LogP contribution in [0.25, 0.3) is 22.2 Å². The van der Waals surface area contributed by atoms with Gasteiger partial charge in [0.15, 0.2) is 17.3 Å². The number of methoxy groups -OCH3 is 1. The van der Waals surface area contributed by atoms with Crippen LogP contribution in [0.1, 0.15) is 22.4 Å². The molecule has 0 spiro atoms. The summed E-state index contributed by atoms with van der Waals surface area (Å²) in [6.07, 6.45) is 1.46. The number of halogens is 4. The van der Waals surface area contributed by atoms with E-state index < -0.39 is 30.6 Å². The molecule has 0 radical (unpaired) electrons. The minimum Gasteiger partial charge on any atom is -0.497 e. The standard InChI is InChI=1S/C33H26F4N6O2/c1-18-12-22(31(42-32(18)43-16-33(36,37)17-43)41-24-9-8-23(34)30(35)19(24)2)26-13-28(29-25(40-26)10-11-39-27(29)14-38)45-15-20-4-6-21(44-3)7-5-20/h4-13H,15-17H2,1-3H3,(H,41,42). The zero-order valence-corrected chi connectivity index (χ0v) is 24.5. The first kappa shape index (κ1) is 29.6. The van der Waals surface area contributed by atoms with Crippen LogP contribution in [0.3, 0.4) is 0 Å². The topological polar surface area (TPSA) is 96.2 Å². The van der Waals surface area contributed by atoms with Crippen molar-refractivity contribution < 1.29 is 27.0 Å². The number of hydrogen-bond acceptors (Lipinski definition) is 8. The first-order valence-corrected chi connectivity index (χ1v) is 13.9. The highest BCUT2D eigenvalue weighted by molar-refractivity contribution is 5.93. The Morgan fingerprint density at radius 1 is 1.02 bits per heavy atom. The Balaban J connectivity index is 1.48. The van der Waals surface area contributed by atoms with Crippen LogP contribution in [-0.2, 0) is 6.61 Å². The Morgan fingerprint density at radius 3 is 2.47 bits per heavy atom. The van der Waals surface area contributed by atoms with Crippen molar-refractivity contribution in [2.45, 2.75) is 26.4 Å². The lowest BCUT2D eigenvalue weighted by molar-refractivity contribution is -0.0267. The van der Waals surface area contributed by atoms with Gasteiger partial charge in [-0.05, 0) is 61.4 Å². The molecule has 4 heterocycles. The quantitative estimate of drug-likeness (QED) is 0.183. The lowest BCUT2D eigenvalue weighted by Crippen LogP contribution is -2.56. The van der Waals surface area contributed by atoms with Crippen molar-refractivity contribution >= 4 is 28.2 Å². The minimum absolute atomic E-state index is 0.0140. The molecule has 12 heteroatoms. The fraction of sp³-hybridized carbons (Fsp3) is 0.212. The summed E-state index contributed by atoms with van der Waals surface area (Å²) in [5, 5.41) is 13.3. The predicted octanol–water partition coefficient (Wildman–Crippen LogP) is 7.25. The average Bonchev–Trinajstić information content (AvgIpc) is 3.03. The Labute approximate surface area is 255 Å². The zero-order chi connectivity index (χ0) is 31.9. The molecule has 0 atom stereocenters. The van der Waals surface area contributed by atoms with E-state index in [4.69, 9.17) is 14.5 Å².